The molecule has 1 amide bonds. The molecule has 0 aromatic heterocycles. The van der Waals surface area contributed by atoms with Crippen LogP contribution < -0.4 is 10.8 Å². The average Bonchev–Trinajstić information content (AvgIpc) is 2.89. The highest BCUT2D eigenvalue weighted by atomic mass is 16.6. The van der Waals surface area contributed by atoms with Crippen LogP contribution in [0.25, 0.3) is 0 Å². The summed E-state index contributed by atoms with van der Waals surface area (Å²) in [7, 11) is -0.374. The molecule has 0 saturated carbocycles. The lowest BCUT2D eigenvalue weighted by molar-refractivity contribution is -0.164. The minimum Gasteiger partial charge on any atom is -0.508 e. The fraction of sp³-hybridized carbons (Fsp3) is 0.516. The molecule has 0 saturated heterocycles. The maximum atomic E-state index is 13.8. The van der Waals surface area contributed by atoms with Gasteiger partial charge < -0.3 is 29.9 Å². The molecular weight excluding hydrogens is 525 g/mol. The van der Waals surface area contributed by atoms with Crippen LogP contribution >= 0.6 is 0 Å². The smallest absolute Gasteiger partial charge is 0.488 e. The van der Waals surface area contributed by atoms with Gasteiger partial charge in [0.15, 0.2) is 0 Å². The quantitative estimate of drug-likeness (QED) is 0.201. The van der Waals surface area contributed by atoms with Gasteiger partial charge in [0.25, 0.3) is 0 Å². The maximum Gasteiger partial charge on any atom is 0.488 e. The lowest BCUT2D eigenvalue weighted by atomic mass is 9.80. The summed E-state index contributed by atoms with van der Waals surface area (Å²) in [5.74, 6) is -2.75. The highest BCUT2D eigenvalue weighted by molar-refractivity contribution is 6.58. The molecule has 0 unspecified atom stereocenters. The Morgan fingerprint density at radius 1 is 0.902 bits per heavy atom. The van der Waals surface area contributed by atoms with Crippen molar-refractivity contribution >= 4 is 30.4 Å². The third-order valence-electron chi connectivity index (χ3n) is 6.69. The molecule has 2 aromatic carbocycles. The number of amides is 1. The van der Waals surface area contributed by atoms with E-state index < -0.39 is 48.4 Å². The largest absolute Gasteiger partial charge is 0.508 e. The van der Waals surface area contributed by atoms with Crippen molar-refractivity contribution in [2.75, 3.05) is 7.11 Å². The summed E-state index contributed by atoms with van der Waals surface area (Å²) >= 11 is 0. The topological polar surface area (TPSA) is 142 Å². The summed E-state index contributed by atoms with van der Waals surface area (Å²) in [5.41, 5.74) is 1.25. The zero-order valence-corrected chi connectivity index (χ0v) is 24.9. The summed E-state index contributed by atoms with van der Waals surface area (Å²) in [4.78, 5) is 40.0. The lowest BCUT2D eigenvalue weighted by Gasteiger charge is -2.30. The second-order valence-corrected chi connectivity index (χ2v) is 11.8. The summed E-state index contributed by atoms with van der Waals surface area (Å²) in [6.45, 7) is 9.29. The van der Waals surface area contributed by atoms with Gasteiger partial charge in [0, 0.05) is 6.42 Å². The molecule has 2 rings (SSSR count). The van der Waals surface area contributed by atoms with Crippen LogP contribution in [0.15, 0.2) is 48.5 Å². The summed E-state index contributed by atoms with van der Waals surface area (Å²) in [5, 5.41) is 31.1. The van der Waals surface area contributed by atoms with Crippen molar-refractivity contribution in [3.8, 4) is 5.75 Å². The van der Waals surface area contributed by atoms with E-state index in [-0.39, 0.29) is 18.1 Å². The molecule has 0 aliphatic rings. The zero-order valence-electron chi connectivity index (χ0n) is 24.9. The van der Waals surface area contributed by atoms with E-state index in [1.54, 1.807) is 45.0 Å². The van der Waals surface area contributed by atoms with Crippen molar-refractivity contribution in [1.82, 2.24) is 5.32 Å². The number of esters is 2. The summed E-state index contributed by atoms with van der Waals surface area (Å²) in [6, 6.07) is 12.2. The molecule has 0 aliphatic carbocycles. The first-order valence-electron chi connectivity index (χ1n) is 14.0. The van der Waals surface area contributed by atoms with Crippen LogP contribution in [0.4, 0.5) is 0 Å². The lowest BCUT2D eigenvalue weighted by Crippen LogP contribution is -2.48. The van der Waals surface area contributed by atoms with Crippen LogP contribution in [0.1, 0.15) is 65.0 Å². The van der Waals surface area contributed by atoms with Crippen molar-refractivity contribution in [1.29, 1.82) is 0 Å². The second kappa shape index (κ2) is 15.6. The van der Waals surface area contributed by atoms with E-state index in [0.717, 1.165) is 5.56 Å². The van der Waals surface area contributed by atoms with E-state index in [4.69, 9.17) is 9.47 Å². The third kappa shape index (κ3) is 11.6. The summed E-state index contributed by atoms with van der Waals surface area (Å²) in [6.07, 6.45) is 2.19. The Bertz CT molecular complexity index is 1130. The predicted octanol–water partition coefficient (Wildman–Crippen LogP) is 2.92. The Morgan fingerprint density at radius 3 is 2.00 bits per heavy atom. The fourth-order valence-corrected chi connectivity index (χ4v) is 4.69. The van der Waals surface area contributed by atoms with E-state index >= 15 is 0 Å². The molecule has 0 spiro atoms. The fourth-order valence-electron chi connectivity index (χ4n) is 4.69. The van der Waals surface area contributed by atoms with Crippen molar-refractivity contribution < 1.29 is 39.0 Å². The normalized spacial score (nSPS) is 13.7. The molecule has 2 aromatic rings. The maximum absolute atomic E-state index is 13.8. The van der Waals surface area contributed by atoms with Gasteiger partial charge in [-0.1, -0.05) is 50.2 Å². The first kappa shape index (κ1) is 33.8. The number of carbonyl (C=O) groups is 3. The standard InChI is InChI=1S/C31H44BNO8/c1-20(2)18-26(25(29(36)41-31(3,4)5)9-7-8-21-12-16-24(34)17-13-21)28(35)33-27(30(37)40-6)19-22-10-14-23(15-11-22)32(38)39/h10-17,20,25-27,34,38-39H,7-9,18-19H2,1-6H3,(H,33,35)/t25-,26-,27-/m0/s1. The van der Waals surface area contributed by atoms with Gasteiger partial charge in [-0.05, 0) is 81.1 Å². The zero-order chi connectivity index (χ0) is 30.7. The predicted molar refractivity (Wildman–Crippen MR) is 157 cm³/mol. The third-order valence-corrected chi connectivity index (χ3v) is 6.69. The minimum absolute atomic E-state index is 0.0850. The van der Waals surface area contributed by atoms with E-state index in [1.807, 2.05) is 26.0 Å². The number of benzene rings is 2. The van der Waals surface area contributed by atoms with Gasteiger partial charge in [-0.3, -0.25) is 9.59 Å². The number of hydrogen-bond acceptors (Lipinski definition) is 8. The molecule has 9 nitrogen and oxygen atoms in total. The van der Waals surface area contributed by atoms with Crippen LogP contribution in [0.5, 0.6) is 5.75 Å². The average molecular weight is 570 g/mol. The van der Waals surface area contributed by atoms with Gasteiger partial charge in [-0.25, -0.2) is 4.79 Å². The molecule has 41 heavy (non-hydrogen) atoms. The van der Waals surface area contributed by atoms with Crippen LogP contribution in [0, 0.1) is 17.8 Å². The molecule has 0 aliphatic heterocycles. The van der Waals surface area contributed by atoms with Gasteiger partial charge >= 0.3 is 19.1 Å². The Kier molecular flexibility index (Phi) is 12.9. The van der Waals surface area contributed by atoms with E-state index in [9.17, 15) is 29.5 Å². The first-order chi connectivity index (χ1) is 19.2. The van der Waals surface area contributed by atoms with Crippen LogP contribution in [-0.2, 0) is 36.7 Å². The number of ether oxygens (including phenoxy) is 2. The molecule has 10 heteroatoms. The Morgan fingerprint density at radius 2 is 1.49 bits per heavy atom. The van der Waals surface area contributed by atoms with Crippen LogP contribution in [0.3, 0.4) is 0 Å². The molecule has 224 valence electrons. The van der Waals surface area contributed by atoms with Crippen LogP contribution in [0.2, 0.25) is 0 Å². The number of phenolic OH excluding ortho intramolecular Hbond substituents is 1. The number of rotatable bonds is 14. The number of methoxy groups -OCH3 is 1. The van der Waals surface area contributed by atoms with Crippen molar-refractivity contribution in [3.63, 3.8) is 0 Å². The minimum atomic E-state index is -1.62. The van der Waals surface area contributed by atoms with E-state index in [2.05, 4.69) is 5.32 Å². The molecule has 0 bridgehead atoms. The number of phenols is 1. The Balaban J connectivity index is 2.30. The molecule has 0 heterocycles. The number of hydrogen-bond donors (Lipinski definition) is 4. The monoisotopic (exact) mass is 569 g/mol. The SMILES string of the molecule is COC(=O)[C@H](Cc1ccc(B(O)O)cc1)NC(=O)[C@@H](CC(C)C)[C@H](CCCc1ccc(O)cc1)C(=O)OC(C)(C)C. The molecule has 3 atom stereocenters. The van der Waals surface area contributed by atoms with E-state index in [1.165, 1.54) is 19.2 Å². The molecular formula is C31H44BNO8. The van der Waals surface area contributed by atoms with Gasteiger partial charge in [-0.15, -0.1) is 0 Å². The molecule has 0 fully saturated rings. The summed E-state index contributed by atoms with van der Waals surface area (Å²) < 4.78 is 10.7. The van der Waals surface area contributed by atoms with Crippen molar-refractivity contribution in [2.24, 2.45) is 17.8 Å². The van der Waals surface area contributed by atoms with Gasteiger partial charge in [0.2, 0.25) is 5.91 Å². The highest BCUT2D eigenvalue weighted by Gasteiger charge is 2.38. The van der Waals surface area contributed by atoms with Crippen LogP contribution in [-0.4, -0.2) is 58.9 Å². The number of aromatic hydroxyl groups is 1. The van der Waals surface area contributed by atoms with Crippen molar-refractivity contribution in [2.45, 2.75) is 78.4 Å². The van der Waals surface area contributed by atoms with Gasteiger partial charge in [0.1, 0.15) is 17.4 Å². The van der Waals surface area contributed by atoms with Gasteiger partial charge in [0.05, 0.1) is 18.9 Å². The Hall–Kier alpha value is -3.37. The molecule has 4 N–H and O–H groups in total. The first-order valence-corrected chi connectivity index (χ1v) is 14.0. The number of carbonyl (C=O) groups excluding carboxylic acids is 3. The second-order valence-electron chi connectivity index (χ2n) is 11.8. The number of aryl methyl sites for hydroxylation is 1. The van der Waals surface area contributed by atoms with Crippen molar-refractivity contribution in [3.05, 3.63) is 59.7 Å². The number of nitrogens with one attached hydrogen (secondary N) is 1. The highest BCUT2D eigenvalue weighted by Crippen LogP contribution is 2.29. The van der Waals surface area contributed by atoms with E-state index in [0.29, 0.717) is 36.7 Å². The van der Waals surface area contributed by atoms with Gasteiger partial charge in [-0.2, -0.15) is 0 Å². The Labute approximate surface area is 243 Å². The molecule has 0 radical (unpaired) electrons.